The second kappa shape index (κ2) is 4.46. The summed E-state index contributed by atoms with van der Waals surface area (Å²) in [5.74, 6) is 0.821. The Kier molecular flexibility index (Phi) is 3.17. The molecule has 0 fully saturated rings. The van der Waals surface area contributed by atoms with Gasteiger partial charge in [-0.2, -0.15) is 0 Å². The van der Waals surface area contributed by atoms with Gasteiger partial charge in [-0.25, -0.2) is 13.4 Å². The second-order valence-corrected chi connectivity index (χ2v) is 5.93. The van der Waals surface area contributed by atoms with Gasteiger partial charge in [0.05, 0.1) is 21.7 Å². The van der Waals surface area contributed by atoms with E-state index in [1.54, 1.807) is 18.2 Å². The van der Waals surface area contributed by atoms with E-state index >= 15 is 0 Å². The van der Waals surface area contributed by atoms with Gasteiger partial charge in [0.1, 0.15) is 5.82 Å². The van der Waals surface area contributed by atoms with Crippen molar-refractivity contribution in [2.45, 2.75) is 18.2 Å². The van der Waals surface area contributed by atoms with Gasteiger partial charge in [-0.1, -0.05) is 6.92 Å². The number of nitrogens with zero attached hydrogens (tertiary/aromatic N) is 1. The van der Waals surface area contributed by atoms with E-state index in [1.165, 1.54) is 0 Å². The highest BCUT2D eigenvalue weighted by Crippen LogP contribution is 2.18. The van der Waals surface area contributed by atoms with Gasteiger partial charge in [0.15, 0.2) is 9.84 Å². The molecule has 0 radical (unpaired) electrons. The summed E-state index contributed by atoms with van der Waals surface area (Å²) in [5, 5.41) is 0. The van der Waals surface area contributed by atoms with E-state index in [9.17, 15) is 8.42 Å². The zero-order valence-electron chi connectivity index (χ0n) is 9.60. The van der Waals surface area contributed by atoms with Crippen LogP contribution in [0.1, 0.15) is 12.7 Å². The van der Waals surface area contributed by atoms with Crippen molar-refractivity contribution in [3.63, 3.8) is 0 Å². The Morgan fingerprint density at radius 1 is 1.41 bits per heavy atom. The van der Waals surface area contributed by atoms with Crippen molar-refractivity contribution in [1.82, 2.24) is 9.97 Å². The van der Waals surface area contributed by atoms with Gasteiger partial charge in [0, 0.05) is 13.0 Å². The summed E-state index contributed by atoms with van der Waals surface area (Å²) in [6, 6.07) is 4.91. The monoisotopic (exact) mass is 253 g/mol. The van der Waals surface area contributed by atoms with Crippen LogP contribution in [0.25, 0.3) is 11.0 Å². The summed E-state index contributed by atoms with van der Waals surface area (Å²) in [6.45, 7) is 2.12. The zero-order valence-corrected chi connectivity index (χ0v) is 10.4. The van der Waals surface area contributed by atoms with Crippen LogP contribution in [0, 0.1) is 0 Å². The molecule has 92 valence electrons. The quantitative estimate of drug-likeness (QED) is 0.845. The van der Waals surface area contributed by atoms with Crippen LogP contribution in [-0.4, -0.2) is 30.7 Å². The highest BCUT2D eigenvalue weighted by Gasteiger charge is 2.14. The minimum absolute atomic E-state index is 0.0344. The molecule has 0 aliphatic carbocycles. The van der Waals surface area contributed by atoms with Gasteiger partial charge < -0.3 is 10.7 Å². The maximum atomic E-state index is 11.8. The fourth-order valence-corrected chi connectivity index (χ4v) is 2.79. The average molecular weight is 253 g/mol. The molecule has 2 rings (SSSR count). The SMILES string of the molecule is CCc1nc2ccc(S(=O)(=O)CCN)cc2[nH]1. The van der Waals surface area contributed by atoms with Crippen LogP contribution in [0.3, 0.4) is 0 Å². The number of sulfone groups is 1. The molecule has 0 amide bonds. The number of imidazole rings is 1. The van der Waals surface area contributed by atoms with Crippen molar-refractivity contribution in [3.05, 3.63) is 24.0 Å². The summed E-state index contributed by atoms with van der Waals surface area (Å²) >= 11 is 0. The van der Waals surface area contributed by atoms with Gasteiger partial charge in [-0.15, -0.1) is 0 Å². The Morgan fingerprint density at radius 3 is 2.82 bits per heavy atom. The summed E-state index contributed by atoms with van der Waals surface area (Å²) in [7, 11) is -3.27. The van der Waals surface area contributed by atoms with Crippen LogP contribution in [0.2, 0.25) is 0 Å². The molecule has 5 nitrogen and oxygen atoms in total. The Balaban J connectivity index is 2.51. The summed E-state index contributed by atoms with van der Waals surface area (Å²) < 4.78 is 23.7. The highest BCUT2D eigenvalue weighted by molar-refractivity contribution is 7.91. The first-order chi connectivity index (χ1) is 8.06. The van der Waals surface area contributed by atoms with Crippen LogP contribution in [0.4, 0.5) is 0 Å². The van der Waals surface area contributed by atoms with E-state index in [-0.39, 0.29) is 12.3 Å². The van der Waals surface area contributed by atoms with Crippen LogP contribution in [0.5, 0.6) is 0 Å². The summed E-state index contributed by atoms with van der Waals surface area (Å²) in [5.41, 5.74) is 6.83. The molecule has 0 spiro atoms. The van der Waals surface area contributed by atoms with E-state index < -0.39 is 9.84 Å². The fourth-order valence-electron chi connectivity index (χ4n) is 1.68. The number of nitrogens with two attached hydrogens (primary N) is 1. The lowest BCUT2D eigenvalue weighted by Gasteiger charge is -2.01. The molecule has 0 atom stereocenters. The predicted octanol–water partition coefficient (Wildman–Crippen LogP) is 0.858. The first-order valence-electron chi connectivity index (χ1n) is 5.48. The number of hydrogen-bond donors (Lipinski definition) is 2. The molecule has 1 heterocycles. The van der Waals surface area contributed by atoms with Crippen molar-refractivity contribution in [2.24, 2.45) is 5.73 Å². The molecule has 0 bridgehead atoms. The maximum Gasteiger partial charge on any atom is 0.179 e. The van der Waals surface area contributed by atoms with Crippen molar-refractivity contribution in [1.29, 1.82) is 0 Å². The normalized spacial score (nSPS) is 12.1. The first kappa shape index (κ1) is 12.1. The minimum atomic E-state index is -3.27. The number of hydrogen-bond acceptors (Lipinski definition) is 4. The second-order valence-electron chi connectivity index (χ2n) is 3.82. The number of rotatable bonds is 4. The van der Waals surface area contributed by atoms with Gasteiger partial charge in [0.2, 0.25) is 0 Å². The molecule has 0 unspecified atom stereocenters. The smallest absolute Gasteiger partial charge is 0.179 e. The topological polar surface area (TPSA) is 88.8 Å². The average Bonchev–Trinajstić information content (AvgIpc) is 2.70. The van der Waals surface area contributed by atoms with Crippen molar-refractivity contribution < 1.29 is 8.42 Å². The Bertz CT molecular complexity index is 631. The molecule has 2 aromatic rings. The maximum absolute atomic E-state index is 11.8. The Hall–Kier alpha value is -1.40. The number of nitrogens with one attached hydrogen (secondary N) is 1. The molecule has 17 heavy (non-hydrogen) atoms. The molecule has 1 aromatic carbocycles. The summed E-state index contributed by atoms with van der Waals surface area (Å²) in [4.78, 5) is 7.71. The lowest BCUT2D eigenvalue weighted by Crippen LogP contribution is -2.15. The number of aryl methyl sites for hydroxylation is 1. The number of fused-ring (bicyclic) bond motifs is 1. The van der Waals surface area contributed by atoms with Gasteiger partial charge >= 0.3 is 0 Å². The molecule has 0 aliphatic heterocycles. The van der Waals surface area contributed by atoms with Crippen LogP contribution < -0.4 is 5.73 Å². The summed E-state index contributed by atoms with van der Waals surface area (Å²) in [6.07, 6.45) is 0.791. The molecule has 0 saturated carbocycles. The fraction of sp³-hybridized carbons (Fsp3) is 0.364. The van der Waals surface area contributed by atoms with E-state index in [2.05, 4.69) is 9.97 Å². The molecule has 0 aliphatic rings. The molecule has 1 aromatic heterocycles. The lowest BCUT2D eigenvalue weighted by atomic mass is 10.3. The van der Waals surface area contributed by atoms with Crippen LogP contribution in [-0.2, 0) is 16.3 Å². The zero-order chi connectivity index (χ0) is 12.5. The third-order valence-corrected chi connectivity index (χ3v) is 4.33. The standard InChI is InChI=1S/C11H15N3O2S/c1-2-11-13-9-4-3-8(7-10(9)14-11)17(15,16)6-5-12/h3-4,7H,2,5-6,12H2,1H3,(H,13,14). The minimum Gasteiger partial charge on any atom is -0.342 e. The Morgan fingerprint density at radius 2 is 2.18 bits per heavy atom. The molecule has 0 saturated heterocycles. The molecular weight excluding hydrogens is 238 g/mol. The first-order valence-corrected chi connectivity index (χ1v) is 7.13. The number of H-pyrrole nitrogens is 1. The predicted molar refractivity (Wildman–Crippen MR) is 66.6 cm³/mol. The van der Waals surface area contributed by atoms with E-state index in [0.29, 0.717) is 4.90 Å². The van der Waals surface area contributed by atoms with Gasteiger partial charge in [-0.05, 0) is 18.2 Å². The van der Waals surface area contributed by atoms with E-state index in [4.69, 9.17) is 5.73 Å². The number of aromatic amines is 1. The third kappa shape index (κ3) is 2.32. The number of aromatic nitrogens is 2. The van der Waals surface area contributed by atoms with Gasteiger partial charge in [-0.3, -0.25) is 0 Å². The molecule has 3 N–H and O–H groups in total. The van der Waals surface area contributed by atoms with Crippen molar-refractivity contribution >= 4 is 20.9 Å². The van der Waals surface area contributed by atoms with Crippen molar-refractivity contribution in [2.75, 3.05) is 12.3 Å². The molecule has 6 heteroatoms. The Labute approximate surface area is 100.0 Å². The third-order valence-electron chi connectivity index (χ3n) is 2.58. The van der Waals surface area contributed by atoms with Crippen molar-refractivity contribution in [3.8, 4) is 0 Å². The highest BCUT2D eigenvalue weighted by atomic mass is 32.2. The van der Waals surface area contributed by atoms with E-state index in [1.807, 2.05) is 6.92 Å². The lowest BCUT2D eigenvalue weighted by molar-refractivity contribution is 0.596. The molecular formula is C11H15N3O2S. The largest absolute Gasteiger partial charge is 0.342 e. The van der Waals surface area contributed by atoms with Crippen LogP contribution >= 0.6 is 0 Å². The van der Waals surface area contributed by atoms with E-state index in [0.717, 1.165) is 23.3 Å². The number of benzene rings is 1. The van der Waals surface area contributed by atoms with Crippen LogP contribution in [0.15, 0.2) is 23.1 Å². The van der Waals surface area contributed by atoms with Gasteiger partial charge in [0.25, 0.3) is 0 Å².